The Morgan fingerprint density at radius 1 is 1.12 bits per heavy atom. The van der Waals surface area contributed by atoms with Gasteiger partial charge >= 0.3 is 0 Å². The number of benzene rings is 2. The molecule has 1 N–H and O–H groups in total. The molecule has 3 aromatic rings. The molecular weight excluding hydrogens is 307 g/mol. The molecule has 1 amide bonds. The first-order valence-corrected chi connectivity index (χ1v) is 7.95. The van der Waals surface area contributed by atoms with Gasteiger partial charge in [-0.05, 0) is 11.6 Å². The first-order valence-electron chi connectivity index (χ1n) is 7.95. The molecule has 0 unspecified atom stereocenters. The second-order valence-electron chi connectivity index (χ2n) is 5.85. The summed E-state index contributed by atoms with van der Waals surface area (Å²) in [4.78, 5) is 12.2. The van der Waals surface area contributed by atoms with E-state index in [0.717, 1.165) is 11.3 Å². The molecule has 4 rings (SSSR count). The van der Waals surface area contributed by atoms with Gasteiger partial charge in [0.15, 0.2) is 0 Å². The smallest absolute Gasteiger partial charge is 0.253 e. The highest BCUT2D eigenvalue weighted by atomic mass is 19.1. The molecule has 1 aliphatic heterocycles. The minimum atomic E-state index is -0.335. The number of para-hydroxylation sites is 1. The fourth-order valence-electron chi connectivity index (χ4n) is 3.28. The lowest BCUT2D eigenvalue weighted by atomic mass is 10.1. The van der Waals surface area contributed by atoms with Crippen LogP contribution in [0.4, 0.5) is 4.39 Å². The molecule has 0 saturated carbocycles. The Bertz CT molecular complexity index is 903. The predicted octanol–water partition coefficient (Wildman–Crippen LogP) is 3.24. The van der Waals surface area contributed by atoms with E-state index in [9.17, 15) is 9.18 Å². The molecule has 0 atom stereocenters. The number of fused-ring (bicyclic) bond motifs is 3. The van der Waals surface area contributed by atoms with Crippen molar-refractivity contribution in [3.05, 3.63) is 71.2 Å². The quantitative estimate of drug-likeness (QED) is 0.800. The molecular formula is C19H17FN2O2. The second kappa shape index (κ2) is 6.09. The molecule has 4 nitrogen and oxygen atoms in total. The summed E-state index contributed by atoms with van der Waals surface area (Å²) in [5.74, 6) is -0.480. The summed E-state index contributed by atoms with van der Waals surface area (Å²) in [5.41, 5.74) is 2.90. The molecule has 5 heteroatoms. The highest BCUT2D eigenvalue weighted by molar-refractivity contribution is 6.09. The number of hydrogen-bond acceptors (Lipinski definition) is 2. The van der Waals surface area contributed by atoms with Gasteiger partial charge in [-0.3, -0.25) is 4.79 Å². The molecule has 122 valence electrons. The highest BCUT2D eigenvalue weighted by Crippen LogP contribution is 2.30. The molecule has 2 heterocycles. The lowest BCUT2D eigenvalue weighted by molar-refractivity contribution is 0.0643. The van der Waals surface area contributed by atoms with Crippen LogP contribution in [-0.4, -0.2) is 17.0 Å². The van der Waals surface area contributed by atoms with Crippen molar-refractivity contribution in [2.24, 2.45) is 0 Å². The van der Waals surface area contributed by atoms with Gasteiger partial charge in [-0.15, -0.1) is 0 Å². The first kappa shape index (κ1) is 14.9. The number of carbonyl (C=O) groups is 1. The number of nitrogens with zero attached hydrogens (tertiary/aromatic N) is 1. The van der Waals surface area contributed by atoms with E-state index in [2.05, 4.69) is 5.32 Å². The van der Waals surface area contributed by atoms with Gasteiger partial charge in [0.25, 0.3) is 5.91 Å². The van der Waals surface area contributed by atoms with Crippen LogP contribution in [0, 0.1) is 5.82 Å². The lowest BCUT2D eigenvalue weighted by Crippen LogP contribution is -2.32. The topological polar surface area (TPSA) is 43.3 Å². The van der Waals surface area contributed by atoms with E-state index >= 15 is 0 Å². The van der Waals surface area contributed by atoms with Crippen molar-refractivity contribution in [2.45, 2.75) is 19.8 Å². The SMILES string of the molecule is O=C1NCCc2c1c1cccc(F)c1n2COCc1ccccc1. The number of ether oxygens (including phenoxy) is 1. The van der Waals surface area contributed by atoms with Crippen LogP contribution in [0.15, 0.2) is 48.5 Å². The molecule has 1 aliphatic rings. The molecule has 24 heavy (non-hydrogen) atoms. The number of nitrogens with one attached hydrogen (secondary N) is 1. The Morgan fingerprint density at radius 3 is 2.79 bits per heavy atom. The third-order valence-corrected chi connectivity index (χ3v) is 4.35. The molecule has 0 aliphatic carbocycles. The summed E-state index contributed by atoms with van der Waals surface area (Å²) in [6, 6.07) is 14.7. The molecule has 2 aromatic carbocycles. The zero-order valence-electron chi connectivity index (χ0n) is 13.1. The van der Waals surface area contributed by atoms with Crippen molar-refractivity contribution in [1.29, 1.82) is 0 Å². The molecule has 0 saturated heterocycles. The van der Waals surface area contributed by atoms with Crippen LogP contribution >= 0.6 is 0 Å². The number of aromatic nitrogens is 1. The van der Waals surface area contributed by atoms with Gasteiger partial charge in [0.05, 0.1) is 17.7 Å². The van der Waals surface area contributed by atoms with E-state index in [1.165, 1.54) is 6.07 Å². The molecule has 0 bridgehead atoms. The first-order chi connectivity index (χ1) is 11.8. The maximum atomic E-state index is 14.4. The van der Waals surface area contributed by atoms with Gasteiger partial charge in [-0.1, -0.05) is 42.5 Å². The summed E-state index contributed by atoms with van der Waals surface area (Å²) >= 11 is 0. The Hall–Kier alpha value is -2.66. The largest absolute Gasteiger partial charge is 0.356 e. The minimum absolute atomic E-state index is 0.145. The summed E-state index contributed by atoms with van der Waals surface area (Å²) < 4.78 is 22.0. The van der Waals surface area contributed by atoms with Crippen molar-refractivity contribution in [3.63, 3.8) is 0 Å². The van der Waals surface area contributed by atoms with Crippen molar-refractivity contribution in [1.82, 2.24) is 9.88 Å². The third-order valence-electron chi connectivity index (χ3n) is 4.35. The van der Waals surface area contributed by atoms with Gasteiger partial charge in [0.2, 0.25) is 0 Å². The van der Waals surface area contributed by atoms with Crippen LogP contribution in [0.3, 0.4) is 0 Å². The third kappa shape index (κ3) is 2.47. The zero-order chi connectivity index (χ0) is 16.5. The van der Waals surface area contributed by atoms with Gasteiger partial charge in [-0.25, -0.2) is 4.39 Å². The Kier molecular flexibility index (Phi) is 3.78. The van der Waals surface area contributed by atoms with E-state index in [1.54, 1.807) is 16.7 Å². The Balaban J connectivity index is 1.70. The van der Waals surface area contributed by atoms with Crippen molar-refractivity contribution in [3.8, 4) is 0 Å². The molecule has 0 fully saturated rings. The second-order valence-corrected chi connectivity index (χ2v) is 5.85. The monoisotopic (exact) mass is 324 g/mol. The lowest BCUT2D eigenvalue weighted by Gasteiger charge is -2.16. The van der Waals surface area contributed by atoms with E-state index in [-0.39, 0.29) is 18.5 Å². The Labute approximate surface area is 138 Å². The molecule has 0 spiro atoms. The van der Waals surface area contributed by atoms with Crippen LogP contribution in [0.1, 0.15) is 21.6 Å². The normalized spacial score (nSPS) is 13.8. The van der Waals surface area contributed by atoms with Gasteiger partial charge < -0.3 is 14.6 Å². The fraction of sp³-hybridized carbons (Fsp3) is 0.211. The summed E-state index contributed by atoms with van der Waals surface area (Å²) in [6.45, 7) is 1.22. The maximum Gasteiger partial charge on any atom is 0.253 e. The average molecular weight is 324 g/mol. The van der Waals surface area contributed by atoms with Crippen molar-refractivity contribution in [2.75, 3.05) is 6.54 Å². The summed E-state index contributed by atoms with van der Waals surface area (Å²) in [7, 11) is 0. The number of hydrogen-bond donors (Lipinski definition) is 1. The van der Waals surface area contributed by atoms with E-state index in [4.69, 9.17) is 4.74 Å². The van der Waals surface area contributed by atoms with Crippen molar-refractivity contribution >= 4 is 16.8 Å². The summed E-state index contributed by atoms with van der Waals surface area (Å²) in [6.07, 6.45) is 0.671. The summed E-state index contributed by atoms with van der Waals surface area (Å²) in [5, 5.41) is 3.47. The van der Waals surface area contributed by atoms with E-state index in [1.807, 2.05) is 30.3 Å². The highest BCUT2D eigenvalue weighted by Gasteiger charge is 2.26. The molecule has 1 aromatic heterocycles. The fourth-order valence-corrected chi connectivity index (χ4v) is 3.28. The number of halogens is 1. The van der Waals surface area contributed by atoms with Crippen LogP contribution in [0.5, 0.6) is 0 Å². The number of carbonyl (C=O) groups excluding carboxylic acids is 1. The minimum Gasteiger partial charge on any atom is -0.356 e. The van der Waals surface area contributed by atoms with Gasteiger partial charge in [-0.2, -0.15) is 0 Å². The Morgan fingerprint density at radius 2 is 1.96 bits per heavy atom. The standard InChI is InChI=1S/C19H17FN2O2/c20-15-8-4-7-14-17-16(9-10-21-19(17)23)22(18(14)15)12-24-11-13-5-2-1-3-6-13/h1-8H,9-12H2,(H,21,23). The zero-order valence-corrected chi connectivity index (χ0v) is 13.1. The maximum absolute atomic E-state index is 14.4. The number of amides is 1. The van der Waals surface area contributed by atoms with Crippen LogP contribution in [-0.2, 0) is 24.5 Å². The van der Waals surface area contributed by atoms with Gasteiger partial charge in [0.1, 0.15) is 12.5 Å². The predicted molar refractivity (Wildman–Crippen MR) is 89.2 cm³/mol. The molecule has 0 radical (unpaired) electrons. The number of rotatable bonds is 4. The van der Waals surface area contributed by atoms with Crippen LogP contribution in [0.25, 0.3) is 10.9 Å². The van der Waals surface area contributed by atoms with Gasteiger partial charge in [0, 0.05) is 24.0 Å². The van der Waals surface area contributed by atoms with Crippen molar-refractivity contribution < 1.29 is 13.9 Å². The average Bonchev–Trinajstić information content (AvgIpc) is 2.93. The van der Waals surface area contributed by atoms with Crippen LogP contribution in [0.2, 0.25) is 0 Å². The van der Waals surface area contributed by atoms with E-state index in [0.29, 0.717) is 36.0 Å². The van der Waals surface area contributed by atoms with E-state index < -0.39 is 0 Å². The van der Waals surface area contributed by atoms with Crippen LogP contribution < -0.4 is 5.32 Å².